The highest BCUT2D eigenvalue weighted by Crippen LogP contribution is 2.28. The Kier molecular flexibility index (Phi) is 4.28. The van der Waals surface area contributed by atoms with Crippen molar-refractivity contribution in [2.75, 3.05) is 14.2 Å². The summed E-state index contributed by atoms with van der Waals surface area (Å²) in [5, 5.41) is 0.480. The third-order valence-corrected chi connectivity index (χ3v) is 3.04. The number of ether oxygens (including phenoxy) is 2. The third-order valence-electron chi connectivity index (χ3n) is 2.81. The molecule has 1 heterocycles. The number of benzene rings is 1. The largest absolute Gasteiger partial charge is 0.464 e. The van der Waals surface area contributed by atoms with Crippen molar-refractivity contribution in [3.63, 3.8) is 0 Å². The zero-order chi connectivity index (χ0) is 15.6. The van der Waals surface area contributed by atoms with Gasteiger partial charge < -0.3 is 13.9 Å². The predicted octanol–water partition coefficient (Wildman–Crippen LogP) is 2.88. The first-order valence-electron chi connectivity index (χ1n) is 5.92. The number of oxazole rings is 1. The van der Waals surface area contributed by atoms with Crippen LogP contribution in [0.5, 0.6) is 0 Å². The number of aryl methyl sites for hydroxylation is 1. The van der Waals surface area contributed by atoms with Crippen molar-refractivity contribution in [3.8, 4) is 11.5 Å². The van der Waals surface area contributed by atoms with Crippen molar-refractivity contribution in [3.05, 3.63) is 40.2 Å². The van der Waals surface area contributed by atoms with E-state index < -0.39 is 11.9 Å². The van der Waals surface area contributed by atoms with E-state index >= 15 is 0 Å². The van der Waals surface area contributed by atoms with Gasteiger partial charge in [0.25, 0.3) is 0 Å². The molecule has 7 heteroatoms. The fourth-order valence-corrected chi connectivity index (χ4v) is 1.90. The highest BCUT2D eigenvalue weighted by atomic mass is 35.5. The van der Waals surface area contributed by atoms with Gasteiger partial charge in [0, 0.05) is 10.6 Å². The smallest absolute Gasteiger partial charge is 0.376 e. The van der Waals surface area contributed by atoms with E-state index in [0.29, 0.717) is 10.6 Å². The van der Waals surface area contributed by atoms with Crippen molar-refractivity contribution in [1.82, 2.24) is 4.98 Å². The second-order valence-electron chi connectivity index (χ2n) is 4.14. The standard InChI is InChI=1S/C14H12ClNO5/c1-7-4-5-8(15)6-9(7)12-16-10(13(17)19-2)11(21-12)14(18)20-3/h4-6H,1-3H3. The van der Waals surface area contributed by atoms with Crippen molar-refractivity contribution in [1.29, 1.82) is 0 Å². The molecular formula is C14H12ClNO5. The van der Waals surface area contributed by atoms with Crippen LogP contribution in [0.25, 0.3) is 11.5 Å². The van der Waals surface area contributed by atoms with Crippen LogP contribution in [0.3, 0.4) is 0 Å². The molecular weight excluding hydrogens is 298 g/mol. The number of aromatic nitrogens is 1. The van der Waals surface area contributed by atoms with E-state index in [-0.39, 0.29) is 17.3 Å². The molecule has 2 aromatic rings. The Labute approximate surface area is 125 Å². The van der Waals surface area contributed by atoms with Crippen LogP contribution in [0, 0.1) is 6.92 Å². The number of esters is 2. The first-order valence-corrected chi connectivity index (χ1v) is 6.29. The van der Waals surface area contributed by atoms with E-state index in [4.69, 9.17) is 16.0 Å². The van der Waals surface area contributed by atoms with Crippen LogP contribution in [0.2, 0.25) is 5.02 Å². The normalized spacial score (nSPS) is 10.3. The summed E-state index contributed by atoms with van der Waals surface area (Å²) >= 11 is 5.94. The minimum Gasteiger partial charge on any atom is -0.464 e. The van der Waals surface area contributed by atoms with E-state index in [0.717, 1.165) is 5.56 Å². The number of methoxy groups -OCH3 is 2. The minimum absolute atomic E-state index is 0.0933. The Morgan fingerprint density at radius 2 is 1.86 bits per heavy atom. The van der Waals surface area contributed by atoms with Gasteiger partial charge in [0.1, 0.15) is 0 Å². The van der Waals surface area contributed by atoms with Gasteiger partial charge in [-0.2, -0.15) is 0 Å². The second-order valence-corrected chi connectivity index (χ2v) is 4.58. The van der Waals surface area contributed by atoms with Crippen LogP contribution in [0.1, 0.15) is 26.6 Å². The fraction of sp³-hybridized carbons (Fsp3) is 0.214. The maximum absolute atomic E-state index is 11.7. The van der Waals surface area contributed by atoms with Gasteiger partial charge in [-0.15, -0.1) is 0 Å². The summed E-state index contributed by atoms with van der Waals surface area (Å²) in [6, 6.07) is 5.12. The van der Waals surface area contributed by atoms with Gasteiger partial charge in [-0.3, -0.25) is 0 Å². The zero-order valence-corrected chi connectivity index (χ0v) is 12.4. The molecule has 21 heavy (non-hydrogen) atoms. The number of nitrogens with zero attached hydrogens (tertiary/aromatic N) is 1. The lowest BCUT2D eigenvalue weighted by molar-refractivity contribution is 0.0527. The molecule has 2 rings (SSSR count). The number of hydrogen-bond acceptors (Lipinski definition) is 6. The Morgan fingerprint density at radius 1 is 1.19 bits per heavy atom. The van der Waals surface area contributed by atoms with Crippen LogP contribution in [0.4, 0.5) is 0 Å². The van der Waals surface area contributed by atoms with Crippen LogP contribution in [0.15, 0.2) is 22.6 Å². The summed E-state index contributed by atoms with van der Waals surface area (Å²) in [6.07, 6.45) is 0. The molecule has 0 radical (unpaired) electrons. The van der Waals surface area contributed by atoms with Gasteiger partial charge in [-0.25, -0.2) is 14.6 Å². The Bertz CT molecular complexity index is 674. The van der Waals surface area contributed by atoms with Crippen molar-refractivity contribution < 1.29 is 23.5 Å². The summed E-state index contributed by atoms with van der Waals surface area (Å²) in [7, 11) is 2.36. The summed E-state index contributed by atoms with van der Waals surface area (Å²) in [6.45, 7) is 1.82. The third kappa shape index (κ3) is 2.90. The lowest BCUT2D eigenvalue weighted by Gasteiger charge is -2.01. The molecule has 0 bridgehead atoms. The Morgan fingerprint density at radius 3 is 2.48 bits per heavy atom. The molecule has 0 amide bonds. The lowest BCUT2D eigenvalue weighted by Crippen LogP contribution is -2.10. The van der Waals surface area contributed by atoms with Gasteiger partial charge in [0.05, 0.1) is 14.2 Å². The number of carbonyl (C=O) groups excluding carboxylic acids is 2. The molecule has 1 aromatic carbocycles. The maximum atomic E-state index is 11.7. The molecule has 0 unspecified atom stereocenters. The molecule has 0 aliphatic rings. The number of halogens is 1. The molecule has 0 saturated carbocycles. The van der Waals surface area contributed by atoms with E-state index in [1.807, 2.05) is 6.92 Å². The highest BCUT2D eigenvalue weighted by Gasteiger charge is 2.27. The highest BCUT2D eigenvalue weighted by molar-refractivity contribution is 6.30. The van der Waals surface area contributed by atoms with Gasteiger partial charge >= 0.3 is 11.9 Å². The van der Waals surface area contributed by atoms with E-state index in [1.54, 1.807) is 18.2 Å². The van der Waals surface area contributed by atoms with E-state index in [9.17, 15) is 9.59 Å². The number of hydrogen-bond donors (Lipinski definition) is 0. The monoisotopic (exact) mass is 309 g/mol. The van der Waals surface area contributed by atoms with Gasteiger partial charge in [0.2, 0.25) is 17.3 Å². The predicted molar refractivity (Wildman–Crippen MR) is 74.4 cm³/mol. The Balaban J connectivity index is 2.61. The average Bonchev–Trinajstić information content (AvgIpc) is 2.93. The molecule has 0 N–H and O–H groups in total. The first kappa shape index (κ1) is 15.1. The summed E-state index contributed by atoms with van der Waals surface area (Å²) < 4.78 is 14.5. The summed E-state index contributed by atoms with van der Waals surface area (Å²) in [5.74, 6) is -1.81. The molecule has 0 aliphatic heterocycles. The molecule has 0 atom stereocenters. The maximum Gasteiger partial charge on any atom is 0.376 e. The van der Waals surface area contributed by atoms with Crippen LogP contribution in [-0.2, 0) is 9.47 Å². The molecule has 1 aromatic heterocycles. The SMILES string of the molecule is COC(=O)c1nc(-c2cc(Cl)ccc2C)oc1C(=O)OC. The lowest BCUT2D eigenvalue weighted by atomic mass is 10.1. The van der Waals surface area contributed by atoms with E-state index in [2.05, 4.69) is 14.5 Å². The zero-order valence-electron chi connectivity index (χ0n) is 11.6. The first-order chi connectivity index (χ1) is 9.97. The summed E-state index contributed by atoms with van der Waals surface area (Å²) in [4.78, 5) is 27.4. The van der Waals surface area contributed by atoms with Crippen LogP contribution in [-0.4, -0.2) is 31.1 Å². The molecule has 0 saturated heterocycles. The van der Waals surface area contributed by atoms with Crippen molar-refractivity contribution in [2.45, 2.75) is 6.92 Å². The molecule has 6 nitrogen and oxygen atoms in total. The fourth-order valence-electron chi connectivity index (χ4n) is 1.73. The minimum atomic E-state index is -0.811. The van der Waals surface area contributed by atoms with Gasteiger partial charge in [-0.05, 0) is 24.6 Å². The number of carbonyl (C=O) groups is 2. The quantitative estimate of drug-likeness (QED) is 0.811. The molecule has 0 spiro atoms. The van der Waals surface area contributed by atoms with Crippen LogP contribution >= 0.6 is 11.6 Å². The van der Waals surface area contributed by atoms with Gasteiger partial charge in [0.15, 0.2) is 0 Å². The molecule has 0 aliphatic carbocycles. The molecule has 110 valence electrons. The average molecular weight is 310 g/mol. The molecule has 0 fully saturated rings. The van der Waals surface area contributed by atoms with Crippen LogP contribution < -0.4 is 0 Å². The topological polar surface area (TPSA) is 78.6 Å². The number of rotatable bonds is 3. The summed E-state index contributed by atoms with van der Waals surface area (Å²) in [5.41, 5.74) is 1.16. The van der Waals surface area contributed by atoms with Crippen molar-refractivity contribution in [2.24, 2.45) is 0 Å². The van der Waals surface area contributed by atoms with Crippen molar-refractivity contribution >= 4 is 23.5 Å². The second kappa shape index (κ2) is 5.97. The van der Waals surface area contributed by atoms with E-state index in [1.165, 1.54) is 14.2 Å². The van der Waals surface area contributed by atoms with Gasteiger partial charge in [-0.1, -0.05) is 17.7 Å². The Hall–Kier alpha value is -2.34.